The second kappa shape index (κ2) is 6.67. The molecule has 0 saturated carbocycles. The van der Waals surface area contributed by atoms with Crippen LogP contribution in [-0.2, 0) is 0 Å². The van der Waals surface area contributed by atoms with E-state index in [1.54, 1.807) is 0 Å². The molecule has 0 heterocycles. The SMILES string of the molecule is C=C(CCC)C(C#N)(CCC)CC(C)C. The molecule has 0 aromatic carbocycles. The van der Waals surface area contributed by atoms with Crippen LogP contribution in [0.15, 0.2) is 12.2 Å². The normalized spacial score (nSPS) is 14.7. The smallest absolute Gasteiger partial charge is 0.0782 e. The van der Waals surface area contributed by atoms with Crippen LogP contribution in [0.2, 0.25) is 0 Å². The predicted molar refractivity (Wildman–Crippen MR) is 66.5 cm³/mol. The Morgan fingerprint density at radius 3 is 2.27 bits per heavy atom. The molecule has 0 fully saturated rings. The van der Waals surface area contributed by atoms with Gasteiger partial charge in [0.05, 0.1) is 11.5 Å². The number of allylic oxidation sites excluding steroid dienone is 1. The van der Waals surface area contributed by atoms with E-state index in [0.717, 1.165) is 37.7 Å². The van der Waals surface area contributed by atoms with Crippen LogP contribution in [0.25, 0.3) is 0 Å². The van der Waals surface area contributed by atoms with E-state index in [-0.39, 0.29) is 5.41 Å². The molecule has 0 saturated heterocycles. The summed E-state index contributed by atoms with van der Waals surface area (Å²) in [4.78, 5) is 0. The molecule has 0 rings (SSSR count). The van der Waals surface area contributed by atoms with E-state index in [4.69, 9.17) is 0 Å². The van der Waals surface area contributed by atoms with E-state index in [2.05, 4.69) is 40.3 Å². The van der Waals surface area contributed by atoms with Crippen LogP contribution in [0.4, 0.5) is 0 Å². The van der Waals surface area contributed by atoms with Crippen LogP contribution in [0, 0.1) is 22.7 Å². The van der Waals surface area contributed by atoms with E-state index in [1.807, 2.05) is 0 Å². The lowest BCUT2D eigenvalue weighted by Crippen LogP contribution is -2.23. The highest BCUT2D eigenvalue weighted by Gasteiger charge is 2.32. The fourth-order valence-electron chi connectivity index (χ4n) is 2.27. The van der Waals surface area contributed by atoms with Gasteiger partial charge < -0.3 is 0 Å². The highest BCUT2D eigenvalue weighted by Crippen LogP contribution is 2.39. The number of rotatable bonds is 7. The van der Waals surface area contributed by atoms with Gasteiger partial charge in [-0.05, 0) is 25.2 Å². The molecule has 0 amide bonds. The van der Waals surface area contributed by atoms with Gasteiger partial charge in [0.15, 0.2) is 0 Å². The van der Waals surface area contributed by atoms with Gasteiger partial charge in [0.25, 0.3) is 0 Å². The largest absolute Gasteiger partial charge is 0.197 e. The van der Waals surface area contributed by atoms with Crippen molar-refractivity contribution in [2.24, 2.45) is 11.3 Å². The Morgan fingerprint density at radius 2 is 1.93 bits per heavy atom. The maximum Gasteiger partial charge on any atom is 0.0782 e. The molecule has 1 nitrogen and oxygen atoms in total. The van der Waals surface area contributed by atoms with Crippen LogP contribution in [0.5, 0.6) is 0 Å². The molecule has 0 aliphatic heterocycles. The van der Waals surface area contributed by atoms with Crippen molar-refractivity contribution in [1.82, 2.24) is 0 Å². The first-order valence-electron chi connectivity index (χ1n) is 6.11. The number of nitrogens with zero attached hydrogens (tertiary/aromatic N) is 1. The molecule has 0 radical (unpaired) electrons. The van der Waals surface area contributed by atoms with E-state index < -0.39 is 0 Å². The van der Waals surface area contributed by atoms with Crippen molar-refractivity contribution >= 4 is 0 Å². The third-order valence-electron chi connectivity index (χ3n) is 2.88. The summed E-state index contributed by atoms with van der Waals surface area (Å²) in [6, 6.07) is 2.53. The van der Waals surface area contributed by atoms with Gasteiger partial charge in [-0.15, -0.1) is 0 Å². The van der Waals surface area contributed by atoms with Crippen molar-refractivity contribution in [3.63, 3.8) is 0 Å². The van der Waals surface area contributed by atoms with Crippen molar-refractivity contribution in [3.8, 4) is 6.07 Å². The number of hydrogen-bond donors (Lipinski definition) is 0. The molecular weight excluding hydrogens is 182 g/mol. The van der Waals surface area contributed by atoms with Crippen LogP contribution < -0.4 is 0 Å². The van der Waals surface area contributed by atoms with Crippen molar-refractivity contribution in [2.45, 2.75) is 59.8 Å². The van der Waals surface area contributed by atoms with Crippen LogP contribution in [0.3, 0.4) is 0 Å². The third-order valence-corrected chi connectivity index (χ3v) is 2.88. The minimum absolute atomic E-state index is 0.265. The van der Waals surface area contributed by atoms with Crippen molar-refractivity contribution in [3.05, 3.63) is 12.2 Å². The van der Waals surface area contributed by atoms with Crippen LogP contribution >= 0.6 is 0 Å². The topological polar surface area (TPSA) is 23.8 Å². The molecule has 15 heavy (non-hydrogen) atoms. The standard InChI is InChI=1S/C14H25N/c1-6-8-13(5)14(11-15,9-7-2)10-12(3)4/h12H,5-10H2,1-4H3. The molecule has 1 unspecified atom stereocenters. The van der Waals surface area contributed by atoms with Gasteiger partial charge >= 0.3 is 0 Å². The second-order valence-electron chi connectivity index (χ2n) is 4.90. The molecule has 0 aromatic heterocycles. The summed E-state index contributed by atoms with van der Waals surface area (Å²) in [5.41, 5.74) is 0.877. The minimum atomic E-state index is -0.265. The zero-order chi connectivity index (χ0) is 11.9. The van der Waals surface area contributed by atoms with Gasteiger partial charge in [0, 0.05) is 0 Å². The van der Waals surface area contributed by atoms with E-state index >= 15 is 0 Å². The quantitative estimate of drug-likeness (QED) is 0.555. The molecule has 1 atom stereocenters. The monoisotopic (exact) mass is 207 g/mol. The van der Waals surface area contributed by atoms with Gasteiger partial charge in [0.1, 0.15) is 0 Å². The Kier molecular flexibility index (Phi) is 6.32. The average molecular weight is 207 g/mol. The summed E-state index contributed by atoms with van der Waals surface area (Å²) in [6.45, 7) is 12.8. The maximum absolute atomic E-state index is 9.44. The van der Waals surface area contributed by atoms with Crippen LogP contribution in [-0.4, -0.2) is 0 Å². The molecule has 0 aromatic rings. The number of nitriles is 1. The first-order chi connectivity index (χ1) is 7.02. The van der Waals surface area contributed by atoms with Gasteiger partial charge in [0.2, 0.25) is 0 Å². The molecular formula is C14H25N. The van der Waals surface area contributed by atoms with E-state index in [1.165, 1.54) is 0 Å². The Morgan fingerprint density at radius 1 is 1.33 bits per heavy atom. The zero-order valence-electron chi connectivity index (χ0n) is 10.8. The first kappa shape index (κ1) is 14.2. The van der Waals surface area contributed by atoms with Crippen molar-refractivity contribution in [2.75, 3.05) is 0 Å². The Hall–Kier alpha value is -0.770. The van der Waals surface area contributed by atoms with Gasteiger partial charge in [-0.25, -0.2) is 0 Å². The summed E-state index contributed by atoms with van der Waals surface area (Å²) in [7, 11) is 0. The summed E-state index contributed by atoms with van der Waals surface area (Å²) < 4.78 is 0. The summed E-state index contributed by atoms with van der Waals surface area (Å²) in [5.74, 6) is 0.560. The Bertz CT molecular complexity index is 234. The molecule has 1 heteroatoms. The fraction of sp³-hybridized carbons (Fsp3) is 0.786. The van der Waals surface area contributed by atoms with Crippen molar-refractivity contribution < 1.29 is 0 Å². The predicted octanol–water partition coefficient (Wildman–Crippen LogP) is 4.70. The third kappa shape index (κ3) is 4.08. The molecule has 0 spiro atoms. The van der Waals surface area contributed by atoms with Crippen LogP contribution in [0.1, 0.15) is 59.8 Å². The molecule has 0 aliphatic rings. The lowest BCUT2D eigenvalue weighted by Gasteiger charge is -2.30. The summed E-state index contributed by atoms with van der Waals surface area (Å²) in [5, 5.41) is 9.44. The van der Waals surface area contributed by atoms with E-state index in [0.29, 0.717) is 5.92 Å². The van der Waals surface area contributed by atoms with E-state index in [9.17, 15) is 5.26 Å². The molecule has 86 valence electrons. The van der Waals surface area contributed by atoms with Gasteiger partial charge in [-0.1, -0.05) is 52.7 Å². The van der Waals surface area contributed by atoms with Gasteiger partial charge in [-0.2, -0.15) is 5.26 Å². The second-order valence-corrected chi connectivity index (χ2v) is 4.90. The Labute approximate surface area is 95.2 Å². The molecule has 0 N–H and O–H groups in total. The lowest BCUT2D eigenvalue weighted by atomic mass is 9.71. The minimum Gasteiger partial charge on any atom is -0.197 e. The average Bonchev–Trinajstić information content (AvgIpc) is 2.16. The Balaban J connectivity index is 4.81. The fourth-order valence-corrected chi connectivity index (χ4v) is 2.27. The zero-order valence-corrected chi connectivity index (χ0v) is 10.8. The summed E-state index contributed by atoms with van der Waals surface area (Å²) in [6.07, 6.45) is 5.05. The lowest BCUT2D eigenvalue weighted by molar-refractivity contribution is 0.332. The highest BCUT2D eigenvalue weighted by molar-refractivity contribution is 5.21. The molecule has 0 bridgehead atoms. The highest BCUT2D eigenvalue weighted by atomic mass is 14.4. The first-order valence-corrected chi connectivity index (χ1v) is 6.11. The van der Waals surface area contributed by atoms with Crippen molar-refractivity contribution in [1.29, 1.82) is 5.26 Å². The summed E-state index contributed by atoms with van der Waals surface area (Å²) >= 11 is 0. The van der Waals surface area contributed by atoms with Gasteiger partial charge in [-0.3, -0.25) is 0 Å². The number of hydrogen-bond acceptors (Lipinski definition) is 1. The maximum atomic E-state index is 9.44. The molecule has 0 aliphatic carbocycles.